The third-order valence-corrected chi connectivity index (χ3v) is 4.49. The van der Waals surface area contributed by atoms with Crippen LogP contribution in [0.5, 0.6) is 0 Å². The summed E-state index contributed by atoms with van der Waals surface area (Å²) >= 11 is 3.65. The van der Waals surface area contributed by atoms with Crippen LogP contribution in [0.15, 0.2) is 29.6 Å². The Hall–Kier alpha value is -1.15. The Labute approximate surface area is 129 Å². The van der Waals surface area contributed by atoms with E-state index in [1.165, 1.54) is 11.3 Å². The zero-order chi connectivity index (χ0) is 14.0. The number of para-hydroxylation sites is 1. The van der Waals surface area contributed by atoms with Crippen LogP contribution in [0.25, 0.3) is 0 Å². The lowest BCUT2D eigenvalue weighted by atomic mass is 9.90. The minimum atomic E-state index is -0.972. The minimum absolute atomic E-state index is 0.568. The molecular formula is C13H13IN2O2S. The number of halogens is 1. The third kappa shape index (κ3) is 3.06. The van der Waals surface area contributed by atoms with Crippen LogP contribution in [-0.4, -0.2) is 16.1 Å². The van der Waals surface area contributed by atoms with Gasteiger partial charge in [-0.25, -0.2) is 4.98 Å². The van der Waals surface area contributed by atoms with E-state index in [2.05, 4.69) is 32.9 Å². The van der Waals surface area contributed by atoms with Crippen molar-refractivity contribution in [3.63, 3.8) is 0 Å². The Morgan fingerprint density at radius 3 is 2.74 bits per heavy atom. The highest BCUT2D eigenvalue weighted by molar-refractivity contribution is 14.1. The maximum atomic E-state index is 11.2. The molecule has 19 heavy (non-hydrogen) atoms. The van der Waals surface area contributed by atoms with Crippen LogP contribution in [0.1, 0.15) is 19.5 Å². The Balaban J connectivity index is 2.23. The molecule has 1 aromatic heterocycles. The Bertz CT molecular complexity index is 610. The number of hydrogen-bond donors (Lipinski definition) is 2. The Morgan fingerprint density at radius 1 is 1.42 bits per heavy atom. The number of carboxylic acid groups (broad SMARTS) is 1. The molecule has 2 rings (SSSR count). The van der Waals surface area contributed by atoms with E-state index in [1.807, 2.05) is 24.3 Å². The number of nitrogens with zero attached hydrogens (tertiary/aromatic N) is 1. The molecule has 2 aromatic rings. The van der Waals surface area contributed by atoms with Gasteiger partial charge in [0.1, 0.15) is 5.41 Å². The molecule has 4 nitrogen and oxygen atoms in total. The predicted octanol–water partition coefficient (Wildman–Crippen LogP) is 3.85. The Morgan fingerprint density at radius 2 is 2.11 bits per heavy atom. The Kier molecular flexibility index (Phi) is 4.10. The molecule has 0 atom stereocenters. The van der Waals surface area contributed by atoms with Crippen LogP contribution < -0.4 is 5.32 Å². The van der Waals surface area contributed by atoms with E-state index >= 15 is 0 Å². The zero-order valence-corrected chi connectivity index (χ0v) is 13.4. The molecule has 0 unspecified atom stereocenters. The van der Waals surface area contributed by atoms with Gasteiger partial charge in [0, 0.05) is 8.95 Å². The number of anilines is 2. The summed E-state index contributed by atoms with van der Waals surface area (Å²) in [5.74, 6) is -0.876. The molecular weight excluding hydrogens is 375 g/mol. The second-order valence-corrected chi connectivity index (χ2v) is 6.59. The van der Waals surface area contributed by atoms with Crippen LogP contribution in [0, 0.1) is 3.57 Å². The molecule has 2 N–H and O–H groups in total. The van der Waals surface area contributed by atoms with Crippen LogP contribution in [0.3, 0.4) is 0 Å². The quantitative estimate of drug-likeness (QED) is 0.782. The summed E-state index contributed by atoms with van der Waals surface area (Å²) in [4.78, 5) is 15.5. The SMILES string of the molecule is CC(C)(C(=O)O)c1csc(Nc2ccccc2I)n1. The van der Waals surface area contributed by atoms with Crippen molar-refractivity contribution in [1.29, 1.82) is 0 Å². The van der Waals surface area contributed by atoms with Crippen molar-refractivity contribution in [1.82, 2.24) is 4.98 Å². The monoisotopic (exact) mass is 388 g/mol. The summed E-state index contributed by atoms with van der Waals surface area (Å²) in [6, 6.07) is 7.87. The number of nitrogens with one attached hydrogen (secondary N) is 1. The van der Waals surface area contributed by atoms with E-state index < -0.39 is 11.4 Å². The molecule has 1 heterocycles. The fourth-order valence-electron chi connectivity index (χ4n) is 1.41. The second-order valence-electron chi connectivity index (χ2n) is 4.57. The van der Waals surface area contributed by atoms with E-state index in [9.17, 15) is 9.90 Å². The number of aliphatic carboxylic acids is 1. The molecule has 0 saturated carbocycles. The molecule has 0 bridgehead atoms. The average Bonchev–Trinajstić information content (AvgIpc) is 2.81. The summed E-state index contributed by atoms with van der Waals surface area (Å²) in [7, 11) is 0. The van der Waals surface area contributed by atoms with E-state index in [0.29, 0.717) is 10.8 Å². The average molecular weight is 388 g/mol. The lowest BCUT2D eigenvalue weighted by Crippen LogP contribution is -2.28. The number of carboxylic acids is 1. The minimum Gasteiger partial charge on any atom is -0.481 e. The molecule has 0 spiro atoms. The van der Waals surface area contributed by atoms with Crippen LogP contribution in [0.4, 0.5) is 10.8 Å². The molecule has 0 saturated heterocycles. The fourth-order valence-corrected chi connectivity index (χ4v) is 2.82. The van der Waals surface area contributed by atoms with Gasteiger partial charge in [0.25, 0.3) is 0 Å². The van der Waals surface area contributed by atoms with Crippen LogP contribution in [-0.2, 0) is 10.2 Å². The third-order valence-electron chi connectivity index (χ3n) is 2.79. The lowest BCUT2D eigenvalue weighted by molar-refractivity contribution is -0.142. The topological polar surface area (TPSA) is 62.2 Å². The molecule has 0 amide bonds. The zero-order valence-electron chi connectivity index (χ0n) is 10.5. The van der Waals surface area contributed by atoms with E-state index in [1.54, 1.807) is 19.2 Å². The summed E-state index contributed by atoms with van der Waals surface area (Å²) < 4.78 is 1.09. The van der Waals surface area contributed by atoms with Gasteiger partial charge in [-0.1, -0.05) is 12.1 Å². The summed E-state index contributed by atoms with van der Waals surface area (Å²) in [5.41, 5.74) is 0.566. The first-order valence-corrected chi connectivity index (χ1v) is 7.58. The van der Waals surface area contributed by atoms with Crippen molar-refractivity contribution in [2.75, 3.05) is 5.32 Å². The first-order valence-electron chi connectivity index (χ1n) is 5.62. The molecule has 6 heteroatoms. The standard InChI is InChI=1S/C13H13IN2O2S/c1-13(2,11(17)18)10-7-19-12(16-10)15-9-6-4-3-5-8(9)14/h3-7H,1-2H3,(H,15,16)(H,17,18). The number of hydrogen-bond acceptors (Lipinski definition) is 4. The highest BCUT2D eigenvalue weighted by Crippen LogP contribution is 2.30. The van der Waals surface area contributed by atoms with Crippen molar-refractivity contribution in [3.8, 4) is 0 Å². The maximum absolute atomic E-state index is 11.2. The van der Waals surface area contributed by atoms with Crippen LogP contribution >= 0.6 is 33.9 Å². The van der Waals surface area contributed by atoms with Crippen LogP contribution in [0.2, 0.25) is 0 Å². The molecule has 0 aliphatic heterocycles. The van der Waals surface area contributed by atoms with E-state index in [4.69, 9.17) is 0 Å². The molecule has 0 fully saturated rings. The summed E-state index contributed by atoms with van der Waals surface area (Å²) in [6.45, 7) is 3.31. The van der Waals surface area contributed by atoms with Gasteiger partial charge in [-0.3, -0.25) is 4.79 Å². The van der Waals surface area contributed by atoms with Gasteiger partial charge in [-0.05, 0) is 48.6 Å². The summed E-state index contributed by atoms with van der Waals surface area (Å²) in [5, 5.41) is 14.9. The highest BCUT2D eigenvalue weighted by atomic mass is 127. The molecule has 0 aliphatic carbocycles. The largest absolute Gasteiger partial charge is 0.481 e. The number of aromatic nitrogens is 1. The van der Waals surface area contributed by atoms with Crippen molar-refractivity contribution in [2.45, 2.75) is 19.3 Å². The van der Waals surface area contributed by atoms with E-state index in [-0.39, 0.29) is 0 Å². The first-order chi connectivity index (χ1) is 8.91. The van der Waals surface area contributed by atoms with Crippen molar-refractivity contribution < 1.29 is 9.90 Å². The molecule has 100 valence electrons. The number of rotatable bonds is 4. The van der Waals surface area contributed by atoms with Gasteiger partial charge in [-0.2, -0.15) is 0 Å². The van der Waals surface area contributed by atoms with Crippen molar-refractivity contribution in [2.24, 2.45) is 0 Å². The highest BCUT2D eigenvalue weighted by Gasteiger charge is 2.32. The predicted molar refractivity (Wildman–Crippen MR) is 85.2 cm³/mol. The smallest absolute Gasteiger partial charge is 0.315 e. The molecule has 0 aliphatic rings. The van der Waals surface area contributed by atoms with Crippen molar-refractivity contribution in [3.05, 3.63) is 38.9 Å². The van der Waals surface area contributed by atoms with Gasteiger partial charge in [0.15, 0.2) is 5.13 Å². The second kappa shape index (κ2) is 5.46. The fraction of sp³-hybridized carbons (Fsp3) is 0.231. The number of thiazole rings is 1. The van der Waals surface area contributed by atoms with Gasteiger partial charge >= 0.3 is 5.97 Å². The van der Waals surface area contributed by atoms with Gasteiger partial charge < -0.3 is 10.4 Å². The first kappa shape index (κ1) is 14.3. The van der Waals surface area contributed by atoms with Crippen molar-refractivity contribution >= 4 is 50.7 Å². The normalized spacial score (nSPS) is 11.3. The number of benzene rings is 1. The van der Waals surface area contributed by atoms with Gasteiger partial charge in [-0.15, -0.1) is 11.3 Å². The van der Waals surface area contributed by atoms with E-state index in [0.717, 1.165) is 9.26 Å². The number of carbonyl (C=O) groups is 1. The lowest BCUT2D eigenvalue weighted by Gasteiger charge is -2.15. The van der Waals surface area contributed by atoms with Gasteiger partial charge in [0.05, 0.1) is 11.4 Å². The summed E-state index contributed by atoms with van der Waals surface area (Å²) in [6.07, 6.45) is 0. The maximum Gasteiger partial charge on any atom is 0.315 e. The molecule has 0 radical (unpaired) electrons. The molecule has 1 aromatic carbocycles. The van der Waals surface area contributed by atoms with Gasteiger partial charge in [0.2, 0.25) is 0 Å².